The first kappa shape index (κ1) is 19.4. The number of aryl methyl sites for hydroxylation is 3. The van der Waals surface area contributed by atoms with Crippen LogP contribution in [-0.4, -0.2) is 20.5 Å². The zero-order valence-electron chi connectivity index (χ0n) is 17.6. The molecule has 4 rings (SSSR count). The number of ketones is 1. The molecule has 0 bridgehead atoms. The molecule has 2 aliphatic carbocycles. The van der Waals surface area contributed by atoms with Gasteiger partial charge in [-0.3, -0.25) is 4.79 Å². The average molecular weight is 380 g/mol. The number of carbonyl (C=O) groups is 1. The minimum atomic E-state index is 0.310. The molecule has 0 spiro atoms. The van der Waals surface area contributed by atoms with Gasteiger partial charge in [-0.15, -0.1) is 10.2 Å². The number of nitrogens with zero attached hydrogens (tertiary/aromatic N) is 3. The zero-order chi connectivity index (χ0) is 19.7. The highest BCUT2D eigenvalue weighted by Crippen LogP contribution is 2.40. The first-order valence-corrected chi connectivity index (χ1v) is 11.0. The Hall–Kier alpha value is -1.97. The normalized spacial score (nSPS) is 16.7. The maximum atomic E-state index is 12.7. The zero-order valence-corrected chi connectivity index (χ0v) is 17.6. The van der Waals surface area contributed by atoms with Crippen LogP contribution in [0.3, 0.4) is 0 Å². The predicted molar refractivity (Wildman–Crippen MR) is 112 cm³/mol. The minimum Gasteiger partial charge on any atom is -0.312 e. The molecule has 0 unspecified atom stereocenters. The largest absolute Gasteiger partial charge is 0.312 e. The molecule has 0 N–H and O–H groups in total. The summed E-state index contributed by atoms with van der Waals surface area (Å²) in [6.07, 6.45) is 8.99. The van der Waals surface area contributed by atoms with E-state index in [9.17, 15) is 4.79 Å². The van der Waals surface area contributed by atoms with Gasteiger partial charge in [0.25, 0.3) is 0 Å². The number of hydrogen-bond donors (Lipinski definition) is 0. The van der Waals surface area contributed by atoms with Gasteiger partial charge in [0.1, 0.15) is 17.4 Å². The van der Waals surface area contributed by atoms with Crippen LogP contribution in [0.15, 0.2) is 18.2 Å². The molecule has 4 nitrogen and oxygen atoms in total. The summed E-state index contributed by atoms with van der Waals surface area (Å²) >= 11 is 0. The van der Waals surface area contributed by atoms with Crippen LogP contribution in [0, 0.1) is 12.8 Å². The fraction of sp³-hybridized carbons (Fsp3) is 0.625. The van der Waals surface area contributed by atoms with Crippen LogP contribution in [0.1, 0.15) is 92.7 Å². The molecular formula is C24H33N3O. The molecule has 150 valence electrons. The van der Waals surface area contributed by atoms with E-state index in [0.29, 0.717) is 37.0 Å². The highest BCUT2D eigenvalue weighted by Gasteiger charge is 2.29. The van der Waals surface area contributed by atoms with E-state index in [-0.39, 0.29) is 0 Å². The third-order valence-corrected chi connectivity index (χ3v) is 6.13. The Morgan fingerprint density at radius 3 is 2.46 bits per heavy atom. The van der Waals surface area contributed by atoms with E-state index in [0.717, 1.165) is 30.4 Å². The van der Waals surface area contributed by atoms with Crippen molar-refractivity contribution in [2.24, 2.45) is 5.92 Å². The van der Waals surface area contributed by atoms with E-state index in [2.05, 4.69) is 53.7 Å². The smallest absolute Gasteiger partial charge is 0.137 e. The second kappa shape index (κ2) is 8.18. The van der Waals surface area contributed by atoms with Crippen LogP contribution < -0.4 is 0 Å². The summed E-state index contributed by atoms with van der Waals surface area (Å²) in [4.78, 5) is 12.7. The number of Topliss-reactive ketones (excluding diaryl/α,β-unsaturated/α-hetero) is 1. The Morgan fingerprint density at radius 1 is 1.11 bits per heavy atom. The van der Waals surface area contributed by atoms with Crippen molar-refractivity contribution < 1.29 is 4.79 Å². The number of rotatable bonds is 10. The molecule has 2 fully saturated rings. The van der Waals surface area contributed by atoms with E-state index >= 15 is 0 Å². The fourth-order valence-electron chi connectivity index (χ4n) is 3.98. The van der Waals surface area contributed by atoms with Crippen LogP contribution in [0.25, 0.3) is 0 Å². The lowest BCUT2D eigenvalue weighted by molar-refractivity contribution is -0.118. The van der Waals surface area contributed by atoms with Gasteiger partial charge in [-0.25, -0.2) is 0 Å². The van der Waals surface area contributed by atoms with Gasteiger partial charge in [-0.2, -0.15) is 0 Å². The molecule has 1 aromatic heterocycles. The Kier molecular flexibility index (Phi) is 5.65. The molecule has 4 heteroatoms. The predicted octanol–water partition coefficient (Wildman–Crippen LogP) is 5.13. The molecule has 2 aliphatic rings. The average Bonchev–Trinajstić information content (AvgIpc) is 3.58. The summed E-state index contributed by atoms with van der Waals surface area (Å²) in [5, 5.41) is 8.92. The van der Waals surface area contributed by atoms with Crippen molar-refractivity contribution in [3.05, 3.63) is 46.5 Å². The number of benzene rings is 1. The number of carbonyl (C=O) groups excluding carboxylic acids is 1. The molecule has 28 heavy (non-hydrogen) atoms. The second-order valence-electron chi connectivity index (χ2n) is 9.24. The molecule has 1 heterocycles. The Morgan fingerprint density at radius 2 is 1.82 bits per heavy atom. The third-order valence-electron chi connectivity index (χ3n) is 6.13. The second-order valence-corrected chi connectivity index (χ2v) is 9.24. The molecule has 0 saturated heterocycles. The summed E-state index contributed by atoms with van der Waals surface area (Å²) in [5.41, 5.74) is 3.85. The summed E-state index contributed by atoms with van der Waals surface area (Å²) in [6, 6.07) is 7.25. The van der Waals surface area contributed by atoms with E-state index in [4.69, 9.17) is 0 Å². The summed E-state index contributed by atoms with van der Waals surface area (Å²) in [7, 11) is 0. The summed E-state index contributed by atoms with van der Waals surface area (Å²) in [6.45, 7) is 6.61. The van der Waals surface area contributed by atoms with Crippen molar-refractivity contribution in [1.29, 1.82) is 0 Å². The van der Waals surface area contributed by atoms with Crippen LogP contribution >= 0.6 is 0 Å². The lowest BCUT2D eigenvalue weighted by Crippen LogP contribution is -2.11. The van der Waals surface area contributed by atoms with Crippen molar-refractivity contribution in [1.82, 2.24) is 14.8 Å². The molecule has 2 aromatic rings. The lowest BCUT2D eigenvalue weighted by Gasteiger charge is -2.11. The van der Waals surface area contributed by atoms with Gasteiger partial charge in [-0.1, -0.05) is 32.0 Å². The van der Waals surface area contributed by atoms with Gasteiger partial charge >= 0.3 is 0 Å². The highest BCUT2D eigenvalue weighted by atomic mass is 16.1. The topological polar surface area (TPSA) is 47.8 Å². The van der Waals surface area contributed by atoms with Gasteiger partial charge in [0.15, 0.2) is 0 Å². The van der Waals surface area contributed by atoms with E-state index in [1.165, 1.54) is 42.4 Å². The molecule has 0 atom stereocenters. The van der Waals surface area contributed by atoms with Gasteiger partial charge in [0, 0.05) is 31.7 Å². The van der Waals surface area contributed by atoms with Gasteiger partial charge in [-0.05, 0) is 67.6 Å². The van der Waals surface area contributed by atoms with Crippen molar-refractivity contribution in [3.8, 4) is 0 Å². The van der Waals surface area contributed by atoms with Crippen LogP contribution in [0.2, 0.25) is 0 Å². The van der Waals surface area contributed by atoms with E-state index < -0.39 is 0 Å². The quantitative estimate of drug-likeness (QED) is 0.575. The lowest BCUT2D eigenvalue weighted by atomic mass is 9.97. The Labute approximate surface area is 168 Å². The summed E-state index contributed by atoms with van der Waals surface area (Å²) < 4.78 is 2.34. The van der Waals surface area contributed by atoms with Crippen LogP contribution in [0.5, 0.6) is 0 Å². The fourth-order valence-corrected chi connectivity index (χ4v) is 3.98. The SMILES string of the molecule is Cc1ccc(C2CC2)cc1CC(=O)CCc1nnc(CCC(C)C)n1C1CC1. The van der Waals surface area contributed by atoms with Crippen molar-refractivity contribution in [3.63, 3.8) is 0 Å². The maximum absolute atomic E-state index is 12.7. The molecule has 2 saturated carbocycles. The van der Waals surface area contributed by atoms with E-state index in [1.54, 1.807) is 0 Å². The van der Waals surface area contributed by atoms with Gasteiger partial charge in [0.05, 0.1) is 0 Å². The molecule has 0 aliphatic heterocycles. The monoisotopic (exact) mass is 379 g/mol. The van der Waals surface area contributed by atoms with Gasteiger partial charge < -0.3 is 4.57 Å². The van der Waals surface area contributed by atoms with Gasteiger partial charge in [0.2, 0.25) is 0 Å². The minimum absolute atomic E-state index is 0.310. The Bertz CT molecular complexity index is 844. The number of aromatic nitrogens is 3. The van der Waals surface area contributed by atoms with Crippen LogP contribution in [0.4, 0.5) is 0 Å². The number of hydrogen-bond acceptors (Lipinski definition) is 3. The maximum Gasteiger partial charge on any atom is 0.137 e. The first-order valence-electron chi connectivity index (χ1n) is 11.0. The molecular weight excluding hydrogens is 346 g/mol. The van der Waals surface area contributed by atoms with Crippen LogP contribution in [-0.2, 0) is 24.1 Å². The Balaban J connectivity index is 1.38. The highest BCUT2D eigenvalue weighted by molar-refractivity contribution is 5.81. The van der Waals surface area contributed by atoms with Crippen molar-refractivity contribution in [2.75, 3.05) is 0 Å². The first-order chi connectivity index (χ1) is 13.5. The molecule has 0 amide bonds. The molecule has 1 aromatic carbocycles. The third kappa shape index (κ3) is 4.71. The van der Waals surface area contributed by atoms with Crippen molar-refractivity contribution in [2.45, 2.75) is 90.5 Å². The summed E-state index contributed by atoms with van der Waals surface area (Å²) in [5.74, 6) is 3.84. The standard InChI is InChI=1S/C24H33N3O/c1-16(2)4-12-23-25-26-24(27(23)21-9-10-21)13-11-22(28)15-20-14-19(18-7-8-18)6-5-17(20)3/h5-6,14,16,18,21H,4,7-13,15H2,1-3H3. The molecule has 0 radical (unpaired) electrons. The van der Waals surface area contributed by atoms with E-state index in [1.807, 2.05) is 0 Å². The van der Waals surface area contributed by atoms with Crippen molar-refractivity contribution >= 4 is 5.78 Å².